The number of non-ortho nitro benzene ring substituents is 1. The summed E-state index contributed by atoms with van der Waals surface area (Å²) in [5.74, 6) is -0.113. The van der Waals surface area contributed by atoms with Gasteiger partial charge in [0.25, 0.3) is 5.69 Å². The Labute approximate surface area is 172 Å². The van der Waals surface area contributed by atoms with Crippen LogP contribution in [0.3, 0.4) is 0 Å². The number of amides is 1. The third-order valence-corrected chi connectivity index (χ3v) is 7.39. The van der Waals surface area contributed by atoms with Crippen molar-refractivity contribution in [1.82, 2.24) is 9.29 Å². The largest absolute Gasteiger partial charge is 0.315 e. The van der Waals surface area contributed by atoms with Crippen LogP contribution in [0.5, 0.6) is 0 Å². The quantitative estimate of drug-likeness (QED) is 0.372. The van der Waals surface area contributed by atoms with Gasteiger partial charge in [0.1, 0.15) is 4.90 Å². The van der Waals surface area contributed by atoms with Gasteiger partial charge in [-0.25, -0.2) is 13.4 Å². The van der Waals surface area contributed by atoms with Crippen LogP contribution in [-0.4, -0.2) is 54.4 Å². The number of nitro groups is 1. The Bertz CT molecular complexity index is 988. The van der Waals surface area contributed by atoms with Crippen molar-refractivity contribution in [3.05, 3.63) is 52.7 Å². The zero-order valence-corrected chi connectivity index (χ0v) is 17.4. The van der Waals surface area contributed by atoms with E-state index < -0.39 is 14.9 Å². The lowest BCUT2D eigenvalue weighted by Gasteiger charge is -2.17. The molecule has 1 aliphatic rings. The molecule has 154 valence electrons. The molecule has 29 heavy (non-hydrogen) atoms. The molecule has 0 unspecified atom stereocenters. The number of hydrogen-bond acceptors (Lipinski definition) is 7. The minimum Gasteiger partial charge on any atom is -0.315 e. The fraction of sp³-hybridized carbons (Fsp3) is 0.333. The van der Waals surface area contributed by atoms with E-state index >= 15 is 0 Å². The number of carbonyl (C=O) groups excluding carboxylic acids is 1. The number of nitrogens with zero attached hydrogens (tertiary/aromatic N) is 4. The van der Waals surface area contributed by atoms with Crippen molar-refractivity contribution < 1.29 is 18.1 Å². The van der Waals surface area contributed by atoms with Crippen molar-refractivity contribution in [3.8, 4) is 0 Å². The Morgan fingerprint density at radius 2 is 1.86 bits per heavy atom. The Hall–Kier alpha value is -2.50. The molecule has 9 nitrogen and oxygen atoms in total. The van der Waals surface area contributed by atoms with Gasteiger partial charge >= 0.3 is 0 Å². The molecule has 0 saturated carbocycles. The van der Waals surface area contributed by atoms with Crippen LogP contribution in [0.25, 0.3) is 0 Å². The molecular weight excluding hydrogens is 416 g/mol. The third-order valence-electron chi connectivity index (χ3n) is 4.58. The average Bonchev–Trinajstić information content (AvgIpc) is 3.27. The second-order valence-corrected chi connectivity index (χ2v) is 9.39. The summed E-state index contributed by atoms with van der Waals surface area (Å²) >= 11 is 1.19. The number of anilines is 1. The van der Waals surface area contributed by atoms with Crippen LogP contribution >= 0.6 is 11.8 Å². The molecule has 0 atom stereocenters. The fourth-order valence-corrected chi connectivity index (χ4v) is 5.08. The Kier molecular flexibility index (Phi) is 6.50. The highest BCUT2D eigenvalue weighted by molar-refractivity contribution is 7.99. The maximum Gasteiger partial charge on any atom is 0.269 e. The van der Waals surface area contributed by atoms with E-state index in [4.69, 9.17) is 0 Å². The number of rotatable bonds is 7. The molecule has 1 saturated heterocycles. The summed E-state index contributed by atoms with van der Waals surface area (Å²) in [5, 5.41) is 11.2. The number of nitro benzene ring substituents is 1. The highest BCUT2D eigenvalue weighted by Crippen LogP contribution is 2.24. The van der Waals surface area contributed by atoms with Gasteiger partial charge in [-0.3, -0.25) is 14.9 Å². The van der Waals surface area contributed by atoms with Gasteiger partial charge < -0.3 is 4.90 Å². The summed E-state index contributed by atoms with van der Waals surface area (Å²) in [6, 6.07) is 8.80. The smallest absolute Gasteiger partial charge is 0.269 e. The van der Waals surface area contributed by atoms with E-state index in [-0.39, 0.29) is 22.2 Å². The molecule has 1 aromatic heterocycles. The van der Waals surface area contributed by atoms with Gasteiger partial charge in [-0.1, -0.05) is 11.8 Å². The van der Waals surface area contributed by atoms with E-state index in [0.717, 1.165) is 12.8 Å². The molecular formula is C18H20N4O5S2. The first-order valence-electron chi connectivity index (χ1n) is 8.89. The monoisotopic (exact) mass is 436 g/mol. The number of benzene rings is 1. The Morgan fingerprint density at radius 3 is 2.41 bits per heavy atom. The SMILES string of the molecule is CN(C(=O)CSc1ccc(S(=O)(=O)N2CCCC2)cn1)c1ccc([N+](=O)[O-])cc1. The first-order chi connectivity index (χ1) is 13.8. The van der Waals surface area contributed by atoms with Crippen LogP contribution in [0.4, 0.5) is 11.4 Å². The van der Waals surface area contributed by atoms with Gasteiger partial charge in [0.2, 0.25) is 15.9 Å². The zero-order valence-electron chi connectivity index (χ0n) is 15.7. The third kappa shape index (κ3) is 4.92. The van der Waals surface area contributed by atoms with Gasteiger partial charge in [0.15, 0.2) is 0 Å². The van der Waals surface area contributed by atoms with E-state index in [1.165, 1.54) is 57.5 Å². The molecule has 1 fully saturated rings. The molecule has 11 heteroatoms. The van der Waals surface area contributed by atoms with Crippen molar-refractivity contribution in [3.63, 3.8) is 0 Å². The van der Waals surface area contributed by atoms with E-state index in [2.05, 4.69) is 4.98 Å². The summed E-state index contributed by atoms with van der Waals surface area (Å²) < 4.78 is 26.5. The van der Waals surface area contributed by atoms with Gasteiger partial charge in [0.05, 0.1) is 15.7 Å². The van der Waals surface area contributed by atoms with Crippen LogP contribution in [0.15, 0.2) is 52.5 Å². The molecule has 2 aromatic rings. The van der Waals surface area contributed by atoms with Crippen LogP contribution in [0.2, 0.25) is 0 Å². The molecule has 0 N–H and O–H groups in total. The molecule has 0 radical (unpaired) electrons. The number of hydrogen-bond donors (Lipinski definition) is 0. The first kappa shape index (κ1) is 21.2. The maximum absolute atomic E-state index is 12.5. The average molecular weight is 437 g/mol. The maximum atomic E-state index is 12.5. The van der Waals surface area contributed by atoms with E-state index in [1.807, 2.05) is 0 Å². The topological polar surface area (TPSA) is 114 Å². The molecule has 3 rings (SSSR count). The normalized spacial score (nSPS) is 14.7. The summed E-state index contributed by atoms with van der Waals surface area (Å²) in [6.07, 6.45) is 3.05. The van der Waals surface area contributed by atoms with Crippen LogP contribution in [-0.2, 0) is 14.8 Å². The van der Waals surface area contributed by atoms with Crippen molar-refractivity contribution >= 4 is 39.1 Å². The molecule has 0 aliphatic carbocycles. The highest BCUT2D eigenvalue weighted by Gasteiger charge is 2.27. The van der Waals surface area contributed by atoms with Crippen LogP contribution < -0.4 is 4.90 Å². The van der Waals surface area contributed by atoms with Gasteiger partial charge in [0, 0.05) is 44.2 Å². The first-order valence-corrected chi connectivity index (χ1v) is 11.3. The van der Waals surface area contributed by atoms with E-state index in [0.29, 0.717) is 23.8 Å². The van der Waals surface area contributed by atoms with Gasteiger partial charge in [-0.2, -0.15) is 4.31 Å². The summed E-state index contributed by atoms with van der Waals surface area (Å²) in [5.41, 5.74) is 0.498. The fourth-order valence-electron chi connectivity index (χ4n) is 2.86. The lowest BCUT2D eigenvalue weighted by Crippen LogP contribution is -2.28. The van der Waals surface area contributed by atoms with Crippen molar-refractivity contribution in [2.75, 3.05) is 30.8 Å². The number of pyridine rings is 1. The molecule has 0 bridgehead atoms. The minimum absolute atomic E-state index is 0.0443. The van der Waals surface area contributed by atoms with Crippen molar-refractivity contribution in [2.45, 2.75) is 22.8 Å². The van der Waals surface area contributed by atoms with Crippen molar-refractivity contribution in [2.24, 2.45) is 0 Å². The predicted octanol–water partition coefficient (Wildman–Crippen LogP) is 2.53. The number of sulfonamides is 1. The number of thioether (sulfide) groups is 1. The molecule has 1 aliphatic heterocycles. The molecule has 1 aromatic carbocycles. The summed E-state index contributed by atoms with van der Waals surface area (Å²) in [4.78, 5) is 28.3. The van der Waals surface area contributed by atoms with Crippen LogP contribution in [0, 0.1) is 10.1 Å². The van der Waals surface area contributed by atoms with Crippen molar-refractivity contribution in [1.29, 1.82) is 0 Å². The molecule has 1 amide bonds. The number of carbonyl (C=O) groups is 1. The molecule has 0 spiro atoms. The standard InChI is InChI=1S/C18H20N4O5S2/c1-20(14-4-6-15(7-5-14)22(24)25)18(23)13-28-17-9-8-16(12-19-17)29(26,27)21-10-2-3-11-21/h4-9,12H,2-3,10-11,13H2,1H3. The van der Waals surface area contributed by atoms with E-state index in [9.17, 15) is 23.3 Å². The van der Waals surface area contributed by atoms with Gasteiger partial charge in [-0.15, -0.1) is 0 Å². The summed E-state index contributed by atoms with van der Waals surface area (Å²) in [7, 11) is -1.92. The van der Waals surface area contributed by atoms with Crippen LogP contribution in [0.1, 0.15) is 12.8 Å². The Balaban J connectivity index is 1.59. The Morgan fingerprint density at radius 1 is 1.21 bits per heavy atom. The van der Waals surface area contributed by atoms with Gasteiger partial charge in [-0.05, 0) is 37.1 Å². The highest BCUT2D eigenvalue weighted by atomic mass is 32.2. The lowest BCUT2D eigenvalue weighted by molar-refractivity contribution is -0.384. The molecule has 2 heterocycles. The van der Waals surface area contributed by atoms with E-state index in [1.54, 1.807) is 13.1 Å². The predicted molar refractivity (Wildman–Crippen MR) is 109 cm³/mol. The zero-order chi connectivity index (χ0) is 21.0. The lowest BCUT2D eigenvalue weighted by atomic mass is 10.2. The minimum atomic E-state index is -3.51. The second kappa shape index (κ2) is 8.89. The summed E-state index contributed by atoms with van der Waals surface area (Å²) in [6.45, 7) is 1.06. The number of aromatic nitrogens is 1. The second-order valence-electron chi connectivity index (χ2n) is 6.46.